The Bertz CT molecular complexity index is 416. The highest BCUT2D eigenvalue weighted by molar-refractivity contribution is 9.10. The summed E-state index contributed by atoms with van der Waals surface area (Å²) in [7, 11) is 0. The number of benzene rings is 1. The zero-order chi connectivity index (χ0) is 13.2. The molecule has 1 amide bonds. The van der Waals surface area contributed by atoms with Crippen LogP contribution < -0.4 is 5.32 Å². The Labute approximate surface area is 103 Å². The van der Waals surface area contributed by atoms with Crippen LogP contribution >= 0.6 is 15.9 Å². The highest BCUT2D eigenvalue weighted by atomic mass is 79.9. The molecule has 0 bridgehead atoms. The highest BCUT2D eigenvalue weighted by Gasteiger charge is 2.48. The maximum atomic E-state index is 12.7. The van der Waals surface area contributed by atoms with Gasteiger partial charge in [-0.2, -0.15) is 8.78 Å². The van der Waals surface area contributed by atoms with Gasteiger partial charge < -0.3 is 5.32 Å². The molecule has 0 unspecified atom stereocenters. The second-order valence-electron chi connectivity index (χ2n) is 3.40. The lowest BCUT2D eigenvalue weighted by atomic mass is 10.2. The fraction of sp³-hybridized carbons (Fsp3) is 0.300. The third-order valence-corrected chi connectivity index (χ3v) is 2.33. The molecule has 0 spiro atoms. The molecule has 0 fully saturated rings. The molecule has 0 aliphatic rings. The molecule has 1 aromatic rings. The second-order valence-corrected chi connectivity index (χ2v) is 4.31. The lowest BCUT2D eigenvalue weighted by molar-refractivity contribution is -0.163. The van der Waals surface area contributed by atoms with Gasteiger partial charge in [0.25, 0.3) is 0 Å². The number of carbonyl (C=O) groups excluding carboxylic acids is 1. The molecule has 0 aromatic heterocycles. The summed E-state index contributed by atoms with van der Waals surface area (Å²) < 4.78 is 49.7. The van der Waals surface area contributed by atoms with Gasteiger partial charge >= 0.3 is 18.3 Å². The van der Waals surface area contributed by atoms with Crippen LogP contribution in [-0.4, -0.2) is 18.3 Å². The number of nitrogens with one attached hydrogen (secondary N) is 1. The number of hydrogen-bond acceptors (Lipinski definition) is 1. The number of rotatable bonds is 3. The van der Waals surface area contributed by atoms with Crippen molar-refractivity contribution in [2.75, 3.05) is 5.32 Å². The minimum Gasteiger partial charge on any atom is -0.321 e. The van der Waals surface area contributed by atoms with Gasteiger partial charge in [-0.05, 0) is 30.7 Å². The van der Waals surface area contributed by atoms with E-state index in [0.29, 0.717) is 10.0 Å². The summed E-state index contributed by atoms with van der Waals surface area (Å²) in [4.78, 5) is 10.9. The summed E-state index contributed by atoms with van der Waals surface area (Å²) in [6.45, 7) is 1.67. The zero-order valence-corrected chi connectivity index (χ0v) is 10.2. The molecule has 94 valence electrons. The van der Waals surface area contributed by atoms with Crippen molar-refractivity contribution in [2.45, 2.75) is 19.3 Å². The maximum absolute atomic E-state index is 12.7. The molecule has 0 saturated carbocycles. The van der Waals surface area contributed by atoms with Crippen LogP contribution in [0, 0.1) is 6.92 Å². The highest BCUT2D eigenvalue weighted by Crippen LogP contribution is 2.26. The lowest BCUT2D eigenvalue weighted by Gasteiger charge is -2.15. The Morgan fingerprint density at radius 1 is 1.35 bits per heavy atom. The number of aryl methyl sites for hydroxylation is 1. The van der Waals surface area contributed by atoms with Gasteiger partial charge in [0, 0.05) is 10.2 Å². The average molecular weight is 314 g/mol. The van der Waals surface area contributed by atoms with Crippen LogP contribution in [0.25, 0.3) is 0 Å². The maximum Gasteiger partial charge on any atom is 0.383 e. The third kappa shape index (κ3) is 3.42. The Morgan fingerprint density at radius 3 is 2.41 bits per heavy atom. The third-order valence-electron chi connectivity index (χ3n) is 1.88. The molecule has 2 nitrogen and oxygen atoms in total. The van der Waals surface area contributed by atoms with E-state index in [1.54, 1.807) is 18.3 Å². The molecular formula is C10H8BrF4NO. The van der Waals surface area contributed by atoms with E-state index in [4.69, 9.17) is 0 Å². The minimum atomic E-state index is -4.70. The Balaban J connectivity index is 2.88. The molecule has 1 aromatic carbocycles. The second kappa shape index (κ2) is 5.03. The van der Waals surface area contributed by atoms with Crippen LogP contribution in [0.1, 0.15) is 5.56 Å². The number of halogens is 5. The molecule has 7 heteroatoms. The van der Waals surface area contributed by atoms with Crippen molar-refractivity contribution in [1.82, 2.24) is 0 Å². The summed E-state index contributed by atoms with van der Waals surface area (Å²) in [5.74, 6) is -6.72. The first-order valence-corrected chi connectivity index (χ1v) is 5.27. The largest absolute Gasteiger partial charge is 0.383 e. The number of hydrogen-bond donors (Lipinski definition) is 1. The van der Waals surface area contributed by atoms with Gasteiger partial charge in [-0.15, -0.1) is 0 Å². The number of alkyl halides is 4. The van der Waals surface area contributed by atoms with Crippen LogP contribution in [0.3, 0.4) is 0 Å². The number of amides is 1. The van der Waals surface area contributed by atoms with Gasteiger partial charge in [0.05, 0.1) is 0 Å². The Kier molecular flexibility index (Phi) is 4.13. The van der Waals surface area contributed by atoms with E-state index < -0.39 is 18.3 Å². The fourth-order valence-electron chi connectivity index (χ4n) is 1.12. The molecule has 1 rings (SSSR count). The summed E-state index contributed by atoms with van der Waals surface area (Å²) in [6, 6.07) is 4.41. The van der Waals surface area contributed by atoms with E-state index >= 15 is 0 Å². The average Bonchev–Trinajstić information content (AvgIpc) is 2.15. The predicted molar refractivity (Wildman–Crippen MR) is 58.5 cm³/mol. The SMILES string of the molecule is Cc1cc(Br)cc(NC(=O)C(F)(F)C(F)F)c1. The van der Waals surface area contributed by atoms with Crippen LogP contribution in [0.5, 0.6) is 0 Å². The molecular weight excluding hydrogens is 306 g/mol. The van der Waals surface area contributed by atoms with Gasteiger partial charge in [0.1, 0.15) is 0 Å². The van der Waals surface area contributed by atoms with Gasteiger partial charge in [0.2, 0.25) is 0 Å². The lowest BCUT2D eigenvalue weighted by Crippen LogP contribution is -2.40. The van der Waals surface area contributed by atoms with Crippen molar-refractivity contribution >= 4 is 27.5 Å². The quantitative estimate of drug-likeness (QED) is 0.849. The molecule has 0 atom stereocenters. The van der Waals surface area contributed by atoms with E-state index in [2.05, 4.69) is 15.9 Å². The molecule has 0 aliphatic heterocycles. The Hall–Kier alpha value is -1.11. The Morgan fingerprint density at radius 2 is 1.94 bits per heavy atom. The van der Waals surface area contributed by atoms with Gasteiger partial charge in [0.15, 0.2) is 0 Å². The zero-order valence-electron chi connectivity index (χ0n) is 8.61. The summed E-state index contributed by atoms with van der Waals surface area (Å²) in [5.41, 5.74) is 0.720. The molecule has 17 heavy (non-hydrogen) atoms. The monoisotopic (exact) mass is 313 g/mol. The number of carbonyl (C=O) groups is 1. The summed E-state index contributed by atoms with van der Waals surface area (Å²) in [6.07, 6.45) is -4.03. The fourth-order valence-corrected chi connectivity index (χ4v) is 1.73. The first-order valence-electron chi connectivity index (χ1n) is 4.48. The van der Waals surface area contributed by atoms with E-state index in [1.807, 2.05) is 0 Å². The van der Waals surface area contributed by atoms with Crippen molar-refractivity contribution < 1.29 is 22.4 Å². The van der Waals surface area contributed by atoms with Crippen molar-refractivity contribution in [3.05, 3.63) is 28.2 Å². The van der Waals surface area contributed by atoms with E-state index in [-0.39, 0.29) is 5.69 Å². The molecule has 1 N–H and O–H groups in total. The van der Waals surface area contributed by atoms with E-state index in [0.717, 1.165) is 0 Å². The number of anilines is 1. The van der Waals surface area contributed by atoms with Crippen LogP contribution in [0.2, 0.25) is 0 Å². The first kappa shape index (κ1) is 14.0. The van der Waals surface area contributed by atoms with Crippen LogP contribution in [0.15, 0.2) is 22.7 Å². The topological polar surface area (TPSA) is 29.1 Å². The molecule has 0 radical (unpaired) electrons. The van der Waals surface area contributed by atoms with E-state index in [9.17, 15) is 22.4 Å². The standard InChI is InChI=1S/C10H8BrF4NO/c1-5-2-6(11)4-7(3-5)16-9(17)10(14,15)8(12)13/h2-4,8H,1H3,(H,16,17). The van der Waals surface area contributed by atoms with Crippen molar-refractivity contribution in [2.24, 2.45) is 0 Å². The summed E-state index contributed by atoms with van der Waals surface area (Å²) in [5, 5.41) is 1.75. The van der Waals surface area contributed by atoms with Crippen molar-refractivity contribution in [3.8, 4) is 0 Å². The molecule has 0 heterocycles. The van der Waals surface area contributed by atoms with Crippen molar-refractivity contribution in [3.63, 3.8) is 0 Å². The summed E-state index contributed by atoms with van der Waals surface area (Å²) >= 11 is 3.10. The molecule has 0 aliphatic carbocycles. The van der Waals surface area contributed by atoms with Gasteiger partial charge in [-0.3, -0.25) is 4.79 Å². The van der Waals surface area contributed by atoms with Crippen LogP contribution in [0.4, 0.5) is 23.2 Å². The smallest absolute Gasteiger partial charge is 0.321 e. The molecule has 0 saturated heterocycles. The minimum absolute atomic E-state index is 0.0298. The normalized spacial score (nSPS) is 11.7. The van der Waals surface area contributed by atoms with Crippen molar-refractivity contribution in [1.29, 1.82) is 0 Å². The van der Waals surface area contributed by atoms with E-state index in [1.165, 1.54) is 12.1 Å². The van der Waals surface area contributed by atoms with Gasteiger partial charge in [-0.25, -0.2) is 8.78 Å². The first-order chi connectivity index (χ1) is 7.73. The van der Waals surface area contributed by atoms with Crippen LogP contribution in [-0.2, 0) is 4.79 Å². The van der Waals surface area contributed by atoms with Gasteiger partial charge in [-0.1, -0.05) is 15.9 Å². The predicted octanol–water partition coefficient (Wildman–Crippen LogP) is 3.60.